The number of hydrogen-bond donors (Lipinski definition) is 1. The average molecular weight is 238 g/mol. The fourth-order valence-corrected chi connectivity index (χ4v) is 2.17. The summed E-state index contributed by atoms with van der Waals surface area (Å²) in [5, 5.41) is 9.72. The van der Waals surface area contributed by atoms with Crippen molar-refractivity contribution >= 4 is 5.97 Å². The molecule has 0 heterocycles. The normalized spacial score (nSPS) is 15.5. The number of aliphatic hydroxyl groups excluding tert-OH is 1. The molecule has 0 fully saturated rings. The largest absolute Gasteiger partial charge is 0.464 e. The van der Waals surface area contributed by atoms with Gasteiger partial charge in [-0.3, -0.25) is 0 Å². The lowest BCUT2D eigenvalue weighted by molar-refractivity contribution is -0.153. The Hall–Kier alpha value is -1.42. The van der Waals surface area contributed by atoms with Gasteiger partial charge >= 0.3 is 5.97 Å². The van der Waals surface area contributed by atoms with E-state index < -0.39 is 17.9 Å². The van der Waals surface area contributed by atoms with Crippen molar-refractivity contribution in [2.24, 2.45) is 0 Å². The number of ether oxygens (including phenoxy) is 1. The van der Waals surface area contributed by atoms with Crippen molar-refractivity contribution in [3.8, 4) is 0 Å². The lowest BCUT2D eigenvalue weighted by atomic mass is 10.0. The Morgan fingerprint density at radius 3 is 2.76 bits per heavy atom. The number of carbonyl (C=O) groups is 1. The van der Waals surface area contributed by atoms with E-state index in [4.69, 9.17) is 0 Å². The lowest BCUT2D eigenvalue weighted by Gasteiger charge is -2.12. The van der Waals surface area contributed by atoms with E-state index in [-0.39, 0.29) is 12.2 Å². The van der Waals surface area contributed by atoms with Gasteiger partial charge in [0.1, 0.15) is 5.82 Å². The van der Waals surface area contributed by atoms with Crippen LogP contribution in [0.3, 0.4) is 0 Å². The number of rotatable bonds is 3. The molecule has 0 amide bonds. The summed E-state index contributed by atoms with van der Waals surface area (Å²) < 4.78 is 18.4. The first-order valence-corrected chi connectivity index (χ1v) is 5.79. The number of hydrogen-bond acceptors (Lipinski definition) is 3. The number of benzene rings is 1. The molecule has 4 heteroatoms. The summed E-state index contributed by atoms with van der Waals surface area (Å²) >= 11 is 0. The highest BCUT2D eigenvalue weighted by Gasteiger charge is 2.24. The standard InChI is InChI=1S/C13H15FO3/c1-2-17-13(16)12(15)10-6-8-4-3-5-9(8)7-11(10)14/h6-7,12,15H,2-5H2,1H3. The van der Waals surface area contributed by atoms with Crippen LogP contribution < -0.4 is 0 Å². The maximum Gasteiger partial charge on any atom is 0.339 e. The van der Waals surface area contributed by atoms with Crippen LogP contribution in [0.2, 0.25) is 0 Å². The van der Waals surface area contributed by atoms with Crippen molar-refractivity contribution in [1.29, 1.82) is 0 Å². The monoisotopic (exact) mass is 238 g/mol. The molecule has 2 rings (SSSR count). The summed E-state index contributed by atoms with van der Waals surface area (Å²) in [6, 6.07) is 3.00. The van der Waals surface area contributed by atoms with Crippen LogP contribution in [0.25, 0.3) is 0 Å². The Kier molecular flexibility index (Phi) is 3.43. The molecule has 0 bridgehead atoms. The Balaban J connectivity index is 2.29. The van der Waals surface area contributed by atoms with E-state index in [0.29, 0.717) is 0 Å². The van der Waals surface area contributed by atoms with Gasteiger partial charge in [0.2, 0.25) is 0 Å². The first kappa shape index (κ1) is 12.0. The van der Waals surface area contributed by atoms with E-state index in [1.165, 1.54) is 6.07 Å². The van der Waals surface area contributed by atoms with Gasteiger partial charge in [-0.1, -0.05) is 0 Å². The third kappa shape index (κ3) is 2.31. The second-order valence-corrected chi connectivity index (χ2v) is 4.15. The van der Waals surface area contributed by atoms with Gasteiger partial charge in [-0.05, 0) is 49.4 Å². The Morgan fingerprint density at radius 1 is 1.47 bits per heavy atom. The number of esters is 1. The maximum atomic E-state index is 13.7. The van der Waals surface area contributed by atoms with Gasteiger partial charge in [-0.25, -0.2) is 9.18 Å². The molecule has 1 aliphatic rings. The molecule has 0 spiro atoms. The van der Waals surface area contributed by atoms with Crippen molar-refractivity contribution in [2.45, 2.75) is 32.3 Å². The minimum Gasteiger partial charge on any atom is -0.464 e. The average Bonchev–Trinajstić information content (AvgIpc) is 2.74. The maximum absolute atomic E-state index is 13.7. The summed E-state index contributed by atoms with van der Waals surface area (Å²) in [7, 11) is 0. The van der Waals surface area contributed by atoms with E-state index >= 15 is 0 Å². The molecule has 1 aliphatic carbocycles. The summed E-state index contributed by atoms with van der Waals surface area (Å²) in [5.41, 5.74) is 2.01. The predicted octanol–water partition coefficient (Wildman–Crippen LogP) is 1.91. The Bertz CT molecular complexity index is 443. The number of aliphatic hydroxyl groups is 1. The lowest BCUT2D eigenvalue weighted by Crippen LogP contribution is -2.17. The van der Waals surface area contributed by atoms with Crippen LogP contribution in [0.4, 0.5) is 4.39 Å². The van der Waals surface area contributed by atoms with E-state index in [2.05, 4.69) is 4.74 Å². The van der Waals surface area contributed by atoms with Crippen LogP contribution in [0.15, 0.2) is 12.1 Å². The molecule has 0 aliphatic heterocycles. The van der Waals surface area contributed by atoms with Gasteiger partial charge in [0, 0.05) is 5.56 Å². The van der Waals surface area contributed by atoms with Crippen molar-refractivity contribution < 1.29 is 19.0 Å². The molecule has 0 radical (unpaired) electrons. The molecular weight excluding hydrogens is 223 g/mol. The number of aryl methyl sites for hydroxylation is 2. The molecular formula is C13H15FO3. The molecule has 0 aromatic heterocycles. The summed E-state index contributed by atoms with van der Waals surface area (Å²) in [5.74, 6) is -1.34. The first-order chi connectivity index (χ1) is 8.13. The highest BCUT2D eigenvalue weighted by Crippen LogP contribution is 2.28. The zero-order chi connectivity index (χ0) is 12.4. The Labute approximate surface area is 99.2 Å². The summed E-state index contributed by atoms with van der Waals surface area (Å²) in [4.78, 5) is 11.4. The Morgan fingerprint density at radius 2 is 2.12 bits per heavy atom. The third-order valence-corrected chi connectivity index (χ3v) is 3.02. The van der Waals surface area contributed by atoms with Gasteiger partial charge in [0.25, 0.3) is 0 Å². The summed E-state index contributed by atoms with van der Waals surface area (Å²) in [6.45, 7) is 1.81. The molecule has 1 atom stereocenters. The molecule has 1 unspecified atom stereocenters. The van der Waals surface area contributed by atoms with E-state index in [1.807, 2.05) is 0 Å². The van der Waals surface area contributed by atoms with Crippen LogP contribution in [0, 0.1) is 5.82 Å². The highest BCUT2D eigenvalue weighted by atomic mass is 19.1. The quantitative estimate of drug-likeness (QED) is 0.818. The van der Waals surface area contributed by atoms with Crippen LogP contribution in [0.5, 0.6) is 0 Å². The molecule has 17 heavy (non-hydrogen) atoms. The fourth-order valence-electron chi connectivity index (χ4n) is 2.17. The van der Waals surface area contributed by atoms with Gasteiger partial charge < -0.3 is 9.84 Å². The van der Waals surface area contributed by atoms with Gasteiger partial charge in [-0.15, -0.1) is 0 Å². The van der Waals surface area contributed by atoms with Crippen LogP contribution in [-0.2, 0) is 22.4 Å². The molecule has 0 saturated carbocycles. The van der Waals surface area contributed by atoms with Crippen molar-refractivity contribution in [3.05, 3.63) is 34.6 Å². The fraction of sp³-hybridized carbons (Fsp3) is 0.462. The van der Waals surface area contributed by atoms with Crippen molar-refractivity contribution in [3.63, 3.8) is 0 Å². The number of fused-ring (bicyclic) bond motifs is 1. The third-order valence-electron chi connectivity index (χ3n) is 3.02. The van der Waals surface area contributed by atoms with Gasteiger partial charge in [0.15, 0.2) is 6.10 Å². The molecule has 1 N–H and O–H groups in total. The molecule has 0 saturated heterocycles. The van der Waals surface area contributed by atoms with Crippen LogP contribution in [0.1, 0.15) is 36.1 Å². The minimum atomic E-state index is -1.53. The van der Waals surface area contributed by atoms with Crippen molar-refractivity contribution in [1.82, 2.24) is 0 Å². The van der Waals surface area contributed by atoms with E-state index in [9.17, 15) is 14.3 Å². The predicted molar refractivity (Wildman–Crippen MR) is 60.0 cm³/mol. The zero-order valence-electron chi connectivity index (χ0n) is 9.70. The van der Waals surface area contributed by atoms with Gasteiger partial charge in [-0.2, -0.15) is 0 Å². The van der Waals surface area contributed by atoms with Crippen molar-refractivity contribution in [2.75, 3.05) is 6.61 Å². The molecule has 3 nitrogen and oxygen atoms in total. The zero-order valence-corrected chi connectivity index (χ0v) is 9.70. The van der Waals surface area contributed by atoms with Crippen LogP contribution >= 0.6 is 0 Å². The molecule has 1 aromatic rings. The SMILES string of the molecule is CCOC(=O)C(O)c1cc2c(cc1F)CCC2. The van der Waals surface area contributed by atoms with Gasteiger partial charge in [0.05, 0.1) is 6.61 Å². The molecule has 92 valence electrons. The number of carbonyl (C=O) groups excluding carboxylic acids is 1. The van der Waals surface area contributed by atoms with E-state index in [1.54, 1.807) is 13.0 Å². The second kappa shape index (κ2) is 4.84. The highest BCUT2D eigenvalue weighted by molar-refractivity contribution is 5.76. The second-order valence-electron chi connectivity index (χ2n) is 4.15. The topological polar surface area (TPSA) is 46.5 Å². The minimum absolute atomic E-state index is 0.0177. The smallest absolute Gasteiger partial charge is 0.339 e. The van der Waals surface area contributed by atoms with E-state index in [0.717, 1.165) is 30.4 Å². The number of halogens is 1. The summed E-state index contributed by atoms with van der Waals surface area (Å²) in [6.07, 6.45) is 1.20. The first-order valence-electron chi connectivity index (χ1n) is 5.79. The van der Waals surface area contributed by atoms with Crippen LogP contribution in [-0.4, -0.2) is 17.7 Å². The molecule has 1 aromatic carbocycles.